The normalized spacial score (nSPS) is 8.55. The van der Waals surface area contributed by atoms with Gasteiger partial charge in [0.05, 0.1) is 13.2 Å². The van der Waals surface area contributed by atoms with Gasteiger partial charge < -0.3 is 14.6 Å². The predicted molar refractivity (Wildman–Crippen MR) is 76.3 cm³/mol. The summed E-state index contributed by atoms with van der Waals surface area (Å²) in [4.78, 5) is 29.2. The molecule has 0 aliphatic rings. The molecule has 0 aromatic rings. The number of carboxylic acids is 1. The molecule has 0 bridgehead atoms. The first-order valence-corrected chi connectivity index (χ1v) is 6.59. The zero-order chi connectivity index (χ0) is 16.6. The lowest BCUT2D eigenvalue weighted by Gasteiger charge is -2.02. The first-order chi connectivity index (χ1) is 9.13. The van der Waals surface area contributed by atoms with Crippen LogP contribution in [0.3, 0.4) is 0 Å². The van der Waals surface area contributed by atoms with E-state index in [-0.39, 0.29) is 11.9 Å². The highest BCUT2D eigenvalue weighted by Crippen LogP contribution is 1.91. The SMILES string of the molecule is CC(=O)O.CC(=O)OCC(C)C.CCCCOC(C)=O. The molecule has 6 nitrogen and oxygen atoms in total. The van der Waals surface area contributed by atoms with Crippen molar-refractivity contribution in [3.8, 4) is 0 Å². The maximum absolute atomic E-state index is 10.1. The molecule has 0 saturated heterocycles. The fourth-order valence-electron chi connectivity index (χ4n) is 0.644. The Bertz CT molecular complexity index is 256. The molecule has 120 valence electrons. The number of esters is 2. The third kappa shape index (κ3) is 55.1. The molecule has 0 aromatic carbocycles. The summed E-state index contributed by atoms with van der Waals surface area (Å²) in [6.45, 7) is 11.1. The summed E-state index contributed by atoms with van der Waals surface area (Å²) in [5.74, 6) is -0.768. The fourth-order valence-corrected chi connectivity index (χ4v) is 0.644. The van der Waals surface area contributed by atoms with Gasteiger partial charge in [-0.05, 0) is 12.3 Å². The van der Waals surface area contributed by atoms with E-state index in [0.717, 1.165) is 19.8 Å². The minimum atomic E-state index is -0.833. The van der Waals surface area contributed by atoms with E-state index in [9.17, 15) is 9.59 Å². The van der Waals surface area contributed by atoms with Crippen molar-refractivity contribution in [1.29, 1.82) is 0 Å². The lowest BCUT2D eigenvalue weighted by Crippen LogP contribution is -2.05. The van der Waals surface area contributed by atoms with E-state index in [2.05, 4.69) is 16.4 Å². The van der Waals surface area contributed by atoms with Gasteiger partial charge in [-0.1, -0.05) is 27.2 Å². The molecule has 0 rings (SSSR count). The molecule has 0 unspecified atom stereocenters. The number of carboxylic acid groups (broad SMARTS) is 1. The van der Waals surface area contributed by atoms with E-state index in [1.165, 1.54) is 13.8 Å². The topological polar surface area (TPSA) is 89.9 Å². The molecule has 0 amide bonds. The number of hydrogen-bond acceptors (Lipinski definition) is 5. The van der Waals surface area contributed by atoms with E-state index in [4.69, 9.17) is 9.90 Å². The average molecular weight is 292 g/mol. The minimum absolute atomic E-state index is 0.182. The van der Waals surface area contributed by atoms with Crippen molar-refractivity contribution in [3.05, 3.63) is 0 Å². The van der Waals surface area contributed by atoms with Crippen LogP contribution in [-0.2, 0) is 23.9 Å². The van der Waals surface area contributed by atoms with Crippen LogP contribution in [0.25, 0.3) is 0 Å². The molecule has 20 heavy (non-hydrogen) atoms. The maximum atomic E-state index is 10.1. The molecule has 6 heteroatoms. The molecule has 0 spiro atoms. The first kappa shape index (κ1) is 23.5. The molecule has 1 N–H and O–H groups in total. The molecule has 0 radical (unpaired) electrons. The van der Waals surface area contributed by atoms with E-state index in [1.54, 1.807) is 0 Å². The van der Waals surface area contributed by atoms with Crippen LogP contribution in [0.5, 0.6) is 0 Å². The van der Waals surface area contributed by atoms with Gasteiger partial charge in [0, 0.05) is 20.8 Å². The van der Waals surface area contributed by atoms with Crippen LogP contribution >= 0.6 is 0 Å². The Morgan fingerprint density at radius 2 is 1.40 bits per heavy atom. The minimum Gasteiger partial charge on any atom is -0.481 e. The summed E-state index contributed by atoms with van der Waals surface area (Å²) in [5.41, 5.74) is 0. The summed E-state index contributed by atoms with van der Waals surface area (Å²) in [5, 5.41) is 7.42. The molecule has 0 aliphatic carbocycles. The van der Waals surface area contributed by atoms with Gasteiger partial charge >= 0.3 is 11.9 Å². The van der Waals surface area contributed by atoms with Crippen molar-refractivity contribution in [3.63, 3.8) is 0 Å². The zero-order valence-electron chi connectivity index (χ0n) is 13.4. The van der Waals surface area contributed by atoms with Crippen LogP contribution in [-0.4, -0.2) is 36.2 Å². The number of hydrogen-bond donors (Lipinski definition) is 1. The van der Waals surface area contributed by atoms with Crippen LogP contribution in [0.4, 0.5) is 0 Å². The lowest BCUT2D eigenvalue weighted by molar-refractivity contribution is -0.142. The Labute approximate surface area is 121 Å². The summed E-state index contributed by atoms with van der Waals surface area (Å²) in [6.07, 6.45) is 2.05. The number of carbonyl (C=O) groups excluding carboxylic acids is 2. The van der Waals surface area contributed by atoms with Gasteiger partial charge in [-0.25, -0.2) is 0 Å². The molecule has 0 heterocycles. The van der Waals surface area contributed by atoms with Crippen molar-refractivity contribution >= 4 is 17.9 Å². The van der Waals surface area contributed by atoms with Gasteiger partial charge in [0.15, 0.2) is 0 Å². The van der Waals surface area contributed by atoms with Gasteiger partial charge in [-0.2, -0.15) is 0 Å². The van der Waals surface area contributed by atoms with Crippen LogP contribution in [0.1, 0.15) is 54.4 Å². The summed E-state index contributed by atoms with van der Waals surface area (Å²) in [7, 11) is 0. The molecule has 0 atom stereocenters. The standard InChI is InChI=1S/2C6H12O2.C2H4O2/c1-5(2)4-8-6(3)7;1-3-4-5-8-6(2)7;1-2(3)4/h5H,4H2,1-3H3;3-5H2,1-2H3;1H3,(H,3,4). The Kier molecular flexibility index (Phi) is 20.5. The van der Waals surface area contributed by atoms with Crippen molar-refractivity contribution in [2.45, 2.75) is 54.4 Å². The van der Waals surface area contributed by atoms with Gasteiger partial charge in [-0.15, -0.1) is 0 Å². The van der Waals surface area contributed by atoms with Crippen molar-refractivity contribution in [1.82, 2.24) is 0 Å². The smallest absolute Gasteiger partial charge is 0.302 e. The predicted octanol–water partition coefficient (Wildman–Crippen LogP) is 2.65. The maximum Gasteiger partial charge on any atom is 0.302 e. The first-order valence-electron chi connectivity index (χ1n) is 6.59. The van der Waals surface area contributed by atoms with Crippen LogP contribution in [0.2, 0.25) is 0 Å². The molecule has 0 saturated carbocycles. The Hall–Kier alpha value is -1.59. The molecule has 0 fully saturated rings. The van der Waals surface area contributed by atoms with E-state index in [0.29, 0.717) is 19.1 Å². The molecular weight excluding hydrogens is 264 g/mol. The number of aliphatic carboxylic acids is 1. The van der Waals surface area contributed by atoms with Crippen LogP contribution < -0.4 is 0 Å². The van der Waals surface area contributed by atoms with Gasteiger partial charge in [0.25, 0.3) is 5.97 Å². The van der Waals surface area contributed by atoms with Gasteiger partial charge in [0.2, 0.25) is 0 Å². The number of unbranched alkanes of at least 4 members (excludes halogenated alkanes) is 1. The summed E-state index contributed by atoms with van der Waals surface area (Å²) >= 11 is 0. The van der Waals surface area contributed by atoms with Crippen molar-refractivity contribution in [2.24, 2.45) is 5.92 Å². The Balaban J connectivity index is -0.000000230. The molecular formula is C14H28O6. The Morgan fingerprint density at radius 3 is 1.60 bits per heavy atom. The second kappa shape index (κ2) is 17.4. The Morgan fingerprint density at radius 1 is 1.00 bits per heavy atom. The number of carbonyl (C=O) groups is 3. The third-order valence-electron chi connectivity index (χ3n) is 1.42. The second-order valence-electron chi connectivity index (χ2n) is 4.41. The lowest BCUT2D eigenvalue weighted by atomic mass is 10.2. The second-order valence-corrected chi connectivity index (χ2v) is 4.41. The number of rotatable bonds is 5. The highest BCUT2D eigenvalue weighted by molar-refractivity contribution is 5.66. The van der Waals surface area contributed by atoms with E-state index in [1.807, 2.05) is 13.8 Å². The van der Waals surface area contributed by atoms with Gasteiger partial charge in [-0.3, -0.25) is 14.4 Å². The highest BCUT2D eigenvalue weighted by Gasteiger charge is 1.94. The highest BCUT2D eigenvalue weighted by atomic mass is 16.5. The average Bonchev–Trinajstić information content (AvgIpc) is 2.26. The zero-order valence-corrected chi connectivity index (χ0v) is 13.4. The largest absolute Gasteiger partial charge is 0.481 e. The molecule has 0 aromatic heterocycles. The van der Waals surface area contributed by atoms with Crippen LogP contribution in [0, 0.1) is 5.92 Å². The van der Waals surface area contributed by atoms with E-state index >= 15 is 0 Å². The fraction of sp³-hybridized carbons (Fsp3) is 0.786. The van der Waals surface area contributed by atoms with Crippen LogP contribution in [0.15, 0.2) is 0 Å². The quantitative estimate of drug-likeness (QED) is 0.619. The van der Waals surface area contributed by atoms with Gasteiger partial charge in [0.1, 0.15) is 0 Å². The molecule has 0 aliphatic heterocycles. The number of ether oxygens (including phenoxy) is 2. The third-order valence-corrected chi connectivity index (χ3v) is 1.42. The van der Waals surface area contributed by atoms with E-state index < -0.39 is 5.97 Å². The monoisotopic (exact) mass is 292 g/mol. The summed E-state index contributed by atoms with van der Waals surface area (Å²) in [6, 6.07) is 0. The van der Waals surface area contributed by atoms with Crippen molar-refractivity contribution < 1.29 is 29.0 Å². The van der Waals surface area contributed by atoms with Crippen molar-refractivity contribution in [2.75, 3.05) is 13.2 Å². The summed E-state index contributed by atoms with van der Waals surface area (Å²) < 4.78 is 9.31.